The van der Waals surface area contributed by atoms with Crippen molar-refractivity contribution >= 4 is 40.6 Å². The van der Waals surface area contributed by atoms with E-state index in [1.165, 1.54) is 30.0 Å². The van der Waals surface area contributed by atoms with Gasteiger partial charge in [0.2, 0.25) is 0 Å². The Morgan fingerprint density at radius 2 is 1.71 bits per heavy atom. The van der Waals surface area contributed by atoms with Gasteiger partial charge in [-0.05, 0) is 31.4 Å². The molecule has 0 radical (unpaired) electrons. The van der Waals surface area contributed by atoms with Crippen molar-refractivity contribution in [2.24, 2.45) is 0 Å². The minimum absolute atomic E-state index is 0.0776. The number of nitro benzene ring substituents is 1. The smallest absolute Gasteiger partial charge is 0.292 e. The number of likely N-dealkylation sites (N-methyl/N-ethyl adjacent to an activating group) is 1. The van der Waals surface area contributed by atoms with Crippen LogP contribution in [-0.4, -0.2) is 42.6 Å². The van der Waals surface area contributed by atoms with Gasteiger partial charge in [-0.25, -0.2) is 0 Å². The van der Waals surface area contributed by atoms with Crippen LogP contribution in [0.1, 0.15) is 6.92 Å². The number of quaternary nitrogens is 1. The highest BCUT2D eigenvalue weighted by atomic mass is 32.2. The average molecular weight is 403 g/mol. The van der Waals surface area contributed by atoms with Gasteiger partial charge in [0.1, 0.15) is 5.69 Å². The summed E-state index contributed by atoms with van der Waals surface area (Å²) in [5, 5.41) is 16.5. The van der Waals surface area contributed by atoms with Crippen molar-refractivity contribution in [1.82, 2.24) is 0 Å². The average Bonchev–Trinajstić information content (AvgIpc) is 2.67. The van der Waals surface area contributed by atoms with E-state index in [0.717, 1.165) is 10.6 Å². The zero-order valence-electron chi connectivity index (χ0n) is 15.9. The molecule has 3 N–H and O–H groups in total. The van der Waals surface area contributed by atoms with Gasteiger partial charge in [-0.15, -0.1) is 11.8 Å². The number of amides is 2. The lowest BCUT2D eigenvalue weighted by Gasteiger charge is -2.21. The van der Waals surface area contributed by atoms with Crippen LogP contribution < -0.4 is 15.5 Å². The molecule has 0 saturated carbocycles. The van der Waals surface area contributed by atoms with Crippen molar-refractivity contribution < 1.29 is 19.4 Å². The molecule has 0 saturated heterocycles. The zero-order chi connectivity index (χ0) is 20.7. The molecule has 0 fully saturated rings. The van der Waals surface area contributed by atoms with Gasteiger partial charge in [0.25, 0.3) is 17.5 Å². The molecule has 8 nitrogen and oxygen atoms in total. The maximum atomic E-state index is 12.5. The Bertz CT molecular complexity index is 875. The van der Waals surface area contributed by atoms with E-state index in [0.29, 0.717) is 4.90 Å². The Labute approximate surface area is 167 Å². The minimum Gasteiger partial charge on any atom is -0.320 e. The predicted molar refractivity (Wildman–Crippen MR) is 110 cm³/mol. The van der Waals surface area contributed by atoms with Gasteiger partial charge in [-0.3, -0.25) is 19.7 Å². The SMILES string of the molecule is CSc1ccccc1NC(=O)C[NH+](C)[C@@H](C)C(=O)Nc1ccccc1[N+](=O)[O-]. The van der Waals surface area contributed by atoms with E-state index < -0.39 is 16.9 Å². The monoisotopic (exact) mass is 403 g/mol. The number of thioether (sulfide) groups is 1. The van der Waals surface area contributed by atoms with Crippen molar-refractivity contribution in [2.45, 2.75) is 17.9 Å². The summed E-state index contributed by atoms with van der Waals surface area (Å²) >= 11 is 1.53. The van der Waals surface area contributed by atoms with Crippen LogP contribution in [0.3, 0.4) is 0 Å². The molecule has 0 heterocycles. The molecule has 0 aliphatic rings. The number of nitrogens with one attached hydrogen (secondary N) is 3. The van der Waals surface area contributed by atoms with E-state index in [2.05, 4.69) is 10.6 Å². The summed E-state index contributed by atoms with van der Waals surface area (Å²) in [5.74, 6) is -0.617. The zero-order valence-corrected chi connectivity index (χ0v) is 16.7. The summed E-state index contributed by atoms with van der Waals surface area (Å²) in [6, 6.07) is 12.8. The quantitative estimate of drug-likeness (QED) is 0.354. The molecule has 148 valence electrons. The molecule has 0 spiro atoms. The van der Waals surface area contributed by atoms with E-state index >= 15 is 0 Å². The molecule has 0 aliphatic heterocycles. The number of rotatable bonds is 8. The molecule has 0 aliphatic carbocycles. The first-order chi connectivity index (χ1) is 13.3. The fourth-order valence-electron chi connectivity index (χ4n) is 2.55. The summed E-state index contributed by atoms with van der Waals surface area (Å²) in [5.41, 5.74) is 0.687. The predicted octanol–water partition coefficient (Wildman–Crippen LogP) is 1.80. The topological polar surface area (TPSA) is 106 Å². The van der Waals surface area contributed by atoms with Crippen molar-refractivity contribution in [3.8, 4) is 0 Å². The van der Waals surface area contributed by atoms with Crippen LogP contribution in [0.2, 0.25) is 0 Å². The summed E-state index contributed by atoms with van der Waals surface area (Å²) in [4.78, 5) is 37.0. The van der Waals surface area contributed by atoms with Gasteiger partial charge in [0.15, 0.2) is 12.6 Å². The number of hydrogen-bond donors (Lipinski definition) is 3. The van der Waals surface area contributed by atoms with E-state index in [-0.39, 0.29) is 23.8 Å². The summed E-state index contributed by atoms with van der Waals surface area (Å²) in [7, 11) is 1.73. The highest BCUT2D eigenvalue weighted by Gasteiger charge is 2.26. The molecule has 0 aromatic heterocycles. The first-order valence-electron chi connectivity index (χ1n) is 8.63. The summed E-state index contributed by atoms with van der Waals surface area (Å²) in [6.07, 6.45) is 1.93. The number of para-hydroxylation sites is 3. The van der Waals surface area contributed by atoms with E-state index in [1.54, 1.807) is 20.0 Å². The number of nitro groups is 1. The Balaban J connectivity index is 1.98. The van der Waals surface area contributed by atoms with Gasteiger partial charge in [0.05, 0.1) is 17.7 Å². The van der Waals surface area contributed by atoms with E-state index in [1.807, 2.05) is 30.5 Å². The van der Waals surface area contributed by atoms with Crippen LogP contribution >= 0.6 is 11.8 Å². The third-order valence-corrected chi connectivity index (χ3v) is 5.11. The third kappa shape index (κ3) is 5.54. The maximum Gasteiger partial charge on any atom is 0.292 e. The fraction of sp³-hybridized carbons (Fsp3) is 0.263. The first kappa shape index (κ1) is 21.4. The van der Waals surface area contributed by atoms with Crippen molar-refractivity contribution in [1.29, 1.82) is 0 Å². The normalized spacial score (nSPS) is 12.7. The van der Waals surface area contributed by atoms with E-state index in [4.69, 9.17) is 0 Å². The van der Waals surface area contributed by atoms with Crippen molar-refractivity contribution in [3.05, 3.63) is 58.6 Å². The Morgan fingerprint density at radius 1 is 1.11 bits per heavy atom. The molecule has 0 bridgehead atoms. The summed E-state index contributed by atoms with van der Waals surface area (Å²) in [6.45, 7) is 1.75. The van der Waals surface area contributed by atoms with E-state index in [9.17, 15) is 19.7 Å². The second-order valence-corrected chi connectivity index (χ2v) is 7.10. The van der Waals surface area contributed by atoms with Crippen LogP contribution in [0, 0.1) is 10.1 Å². The van der Waals surface area contributed by atoms with Crippen LogP contribution in [0.5, 0.6) is 0 Å². The van der Waals surface area contributed by atoms with Crippen LogP contribution in [-0.2, 0) is 9.59 Å². The lowest BCUT2D eigenvalue weighted by Crippen LogP contribution is -3.14. The highest BCUT2D eigenvalue weighted by Crippen LogP contribution is 2.24. The molecule has 2 aromatic carbocycles. The van der Waals surface area contributed by atoms with Crippen LogP contribution in [0.25, 0.3) is 0 Å². The van der Waals surface area contributed by atoms with Crippen molar-refractivity contribution in [2.75, 3.05) is 30.5 Å². The van der Waals surface area contributed by atoms with Gasteiger partial charge < -0.3 is 15.5 Å². The maximum absolute atomic E-state index is 12.5. The first-order valence-corrected chi connectivity index (χ1v) is 9.85. The van der Waals surface area contributed by atoms with Gasteiger partial charge in [-0.1, -0.05) is 24.3 Å². The van der Waals surface area contributed by atoms with Crippen molar-refractivity contribution in [3.63, 3.8) is 0 Å². The molecule has 2 aromatic rings. The number of hydrogen-bond acceptors (Lipinski definition) is 5. The Morgan fingerprint density at radius 3 is 2.36 bits per heavy atom. The van der Waals surface area contributed by atoms with Gasteiger partial charge in [-0.2, -0.15) is 0 Å². The Hall–Kier alpha value is -2.91. The molecular formula is C19H23N4O4S+. The summed E-state index contributed by atoms with van der Waals surface area (Å²) < 4.78 is 0. The number of carbonyl (C=O) groups excluding carboxylic acids is 2. The minimum atomic E-state index is -0.582. The molecule has 1 unspecified atom stereocenters. The second-order valence-electron chi connectivity index (χ2n) is 6.26. The number of nitrogens with zero attached hydrogens (tertiary/aromatic N) is 1. The molecule has 9 heteroatoms. The lowest BCUT2D eigenvalue weighted by molar-refractivity contribution is -0.885. The lowest BCUT2D eigenvalue weighted by atomic mass is 10.2. The molecule has 2 atom stereocenters. The Kier molecular flexibility index (Phi) is 7.53. The molecule has 2 rings (SSSR count). The standard InChI is InChI=1S/C19H22N4O4S/c1-13(19(25)21-14-8-4-6-10-16(14)23(26)27)22(2)12-18(24)20-15-9-5-7-11-17(15)28-3/h4-11,13H,12H2,1-3H3,(H,20,24)(H,21,25)/p+1/t13-/m0/s1. The molecular weight excluding hydrogens is 380 g/mol. The fourth-order valence-corrected chi connectivity index (χ4v) is 3.11. The van der Waals surface area contributed by atoms with Crippen LogP contribution in [0.4, 0.5) is 17.1 Å². The number of benzene rings is 2. The molecule has 28 heavy (non-hydrogen) atoms. The molecule has 2 amide bonds. The van der Waals surface area contributed by atoms with Gasteiger partial charge >= 0.3 is 0 Å². The van der Waals surface area contributed by atoms with Crippen LogP contribution in [0.15, 0.2) is 53.4 Å². The van der Waals surface area contributed by atoms with Gasteiger partial charge in [0, 0.05) is 11.0 Å². The number of anilines is 2. The highest BCUT2D eigenvalue weighted by molar-refractivity contribution is 7.98. The third-order valence-electron chi connectivity index (χ3n) is 4.31. The largest absolute Gasteiger partial charge is 0.320 e. The number of carbonyl (C=O) groups is 2. The second kappa shape index (κ2) is 9.86.